The third-order valence-corrected chi connectivity index (χ3v) is 5.60. The van der Waals surface area contributed by atoms with Crippen LogP contribution in [0.15, 0.2) is 24.5 Å². The van der Waals surface area contributed by atoms with Crippen LogP contribution in [0.2, 0.25) is 0 Å². The second-order valence-corrected chi connectivity index (χ2v) is 7.92. The van der Waals surface area contributed by atoms with Crippen LogP contribution in [0.5, 0.6) is 5.88 Å². The molecule has 146 valence electrons. The van der Waals surface area contributed by atoms with Crippen molar-refractivity contribution in [2.24, 2.45) is 0 Å². The molecule has 0 bridgehead atoms. The molecule has 1 aromatic carbocycles. The fourth-order valence-corrected chi connectivity index (χ4v) is 4.05. The van der Waals surface area contributed by atoms with E-state index in [1.54, 1.807) is 6.33 Å². The molecule has 6 heteroatoms. The molecule has 2 saturated heterocycles. The largest absolute Gasteiger partial charge is 0.474 e. The second-order valence-electron chi connectivity index (χ2n) is 7.92. The van der Waals surface area contributed by atoms with Crippen LogP contribution in [0.25, 0.3) is 10.9 Å². The summed E-state index contributed by atoms with van der Waals surface area (Å²) in [7, 11) is 0. The molecule has 2 aromatic rings. The zero-order chi connectivity index (χ0) is 18.6. The van der Waals surface area contributed by atoms with Crippen LogP contribution in [-0.2, 0) is 0 Å². The number of hydrogen-bond acceptors (Lipinski definition) is 6. The molecule has 27 heavy (non-hydrogen) atoms. The van der Waals surface area contributed by atoms with Crippen LogP contribution >= 0.6 is 0 Å². The lowest BCUT2D eigenvalue weighted by molar-refractivity contribution is 0.215. The molecular weight excluding hydrogens is 338 g/mol. The normalized spacial score (nSPS) is 19.3. The van der Waals surface area contributed by atoms with E-state index in [0.717, 1.165) is 37.1 Å². The Morgan fingerprint density at radius 3 is 2.33 bits per heavy atom. The molecule has 0 aliphatic carbocycles. The van der Waals surface area contributed by atoms with Gasteiger partial charge < -0.3 is 14.5 Å². The van der Waals surface area contributed by atoms with Crippen molar-refractivity contribution in [2.45, 2.75) is 32.8 Å². The molecule has 0 spiro atoms. The topological polar surface area (TPSA) is 44.7 Å². The summed E-state index contributed by atoms with van der Waals surface area (Å²) in [6.07, 6.45) is 4.44. The molecular formula is C21H31N5O. The van der Waals surface area contributed by atoms with Gasteiger partial charge in [0.15, 0.2) is 0 Å². The first-order valence-electron chi connectivity index (χ1n) is 10.3. The van der Waals surface area contributed by atoms with Crippen molar-refractivity contribution in [3.63, 3.8) is 0 Å². The van der Waals surface area contributed by atoms with Gasteiger partial charge in [-0.3, -0.25) is 4.90 Å². The van der Waals surface area contributed by atoms with Crippen LogP contribution in [0, 0.1) is 0 Å². The van der Waals surface area contributed by atoms with Gasteiger partial charge >= 0.3 is 0 Å². The molecule has 0 amide bonds. The van der Waals surface area contributed by atoms with E-state index < -0.39 is 0 Å². The minimum absolute atomic E-state index is 0.103. The van der Waals surface area contributed by atoms with Crippen molar-refractivity contribution in [1.29, 1.82) is 0 Å². The van der Waals surface area contributed by atoms with Crippen molar-refractivity contribution in [3.8, 4) is 5.88 Å². The quantitative estimate of drug-likeness (QED) is 0.780. The van der Waals surface area contributed by atoms with E-state index in [9.17, 15) is 0 Å². The van der Waals surface area contributed by atoms with Gasteiger partial charge in [-0.1, -0.05) is 0 Å². The first-order valence-corrected chi connectivity index (χ1v) is 10.3. The summed E-state index contributed by atoms with van der Waals surface area (Å²) in [5, 5.41) is 1.00. The minimum atomic E-state index is 0.103. The second kappa shape index (κ2) is 8.40. The minimum Gasteiger partial charge on any atom is -0.474 e. The fourth-order valence-electron chi connectivity index (χ4n) is 4.05. The average Bonchev–Trinajstić information content (AvgIpc) is 3.20. The number of ether oxygens (including phenoxy) is 1. The molecule has 0 atom stereocenters. The predicted octanol–water partition coefficient (Wildman–Crippen LogP) is 2.63. The Bertz CT molecular complexity index is 751. The highest BCUT2D eigenvalue weighted by Gasteiger charge is 2.19. The van der Waals surface area contributed by atoms with E-state index in [1.165, 1.54) is 44.7 Å². The van der Waals surface area contributed by atoms with Crippen molar-refractivity contribution >= 4 is 16.6 Å². The monoisotopic (exact) mass is 369 g/mol. The Hall–Kier alpha value is -1.92. The summed E-state index contributed by atoms with van der Waals surface area (Å²) < 4.78 is 5.89. The maximum absolute atomic E-state index is 5.89. The molecule has 0 saturated carbocycles. The number of rotatable bonds is 6. The third-order valence-electron chi connectivity index (χ3n) is 5.60. The van der Waals surface area contributed by atoms with E-state index in [-0.39, 0.29) is 6.10 Å². The zero-order valence-corrected chi connectivity index (χ0v) is 16.6. The Labute approximate surface area is 162 Å². The molecule has 1 aromatic heterocycles. The number of likely N-dealkylation sites (tertiary alicyclic amines) is 1. The molecule has 2 fully saturated rings. The van der Waals surface area contributed by atoms with Gasteiger partial charge in [-0.05, 0) is 58.0 Å². The van der Waals surface area contributed by atoms with E-state index in [4.69, 9.17) is 4.74 Å². The van der Waals surface area contributed by atoms with Gasteiger partial charge in [0, 0.05) is 45.0 Å². The molecule has 2 aliphatic rings. The Morgan fingerprint density at radius 1 is 0.926 bits per heavy atom. The number of anilines is 1. The van der Waals surface area contributed by atoms with Crippen molar-refractivity contribution < 1.29 is 4.74 Å². The van der Waals surface area contributed by atoms with E-state index in [0.29, 0.717) is 5.88 Å². The predicted molar refractivity (Wildman–Crippen MR) is 110 cm³/mol. The van der Waals surface area contributed by atoms with Gasteiger partial charge in [0.25, 0.3) is 0 Å². The lowest BCUT2D eigenvalue weighted by Crippen LogP contribution is -2.48. The number of benzene rings is 1. The first-order chi connectivity index (χ1) is 13.2. The Morgan fingerprint density at radius 2 is 1.63 bits per heavy atom. The Balaban J connectivity index is 1.39. The number of fused-ring (bicyclic) bond motifs is 1. The highest BCUT2D eigenvalue weighted by atomic mass is 16.5. The first kappa shape index (κ1) is 18.4. The van der Waals surface area contributed by atoms with Gasteiger partial charge in [0.05, 0.1) is 17.0 Å². The molecule has 0 radical (unpaired) electrons. The maximum atomic E-state index is 5.89. The van der Waals surface area contributed by atoms with Gasteiger partial charge in [0.1, 0.15) is 6.33 Å². The van der Waals surface area contributed by atoms with Crippen LogP contribution in [0.4, 0.5) is 5.69 Å². The number of aromatic nitrogens is 2. The van der Waals surface area contributed by atoms with Gasteiger partial charge in [-0.15, -0.1) is 0 Å². The molecule has 2 aliphatic heterocycles. The SMILES string of the molecule is CC(C)Oc1ncnc2ccc(N3CCN(CCN4CCCC4)CC3)cc12. The number of hydrogen-bond donors (Lipinski definition) is 0. The fraction of sp³-hybridized carbons (Fsp3) is 0.619. The van der Waals surface area contributed by atoms with Crippen LogP contribution < -0.4 is 9.64 Å². The summed E-state index contributed by atoms with van der Waals surface area (Å²) in [6.45, 7) is 13.5. The smallest absolute Gasteiger partial charge is 0.224 e. The number of piperazine rings is 1. The van der Waals surface area contributed by atoms with Gasteiger partial charge in [-0.2, -0.15) is 0 Å². The van der Waals surface area contributed by atoms with Gasteiger partial charge in [-0.25, -0.2) is 9.97 Å². The summed E-state index contributed by atoms with van der Waals surface area (Å²) >= 11 is 0. The molecule has 3 heterocycles. The summed E-state index contributed by atoms with van der Waals surface area (Å²) in [5.41, 5.74) is 2.18. The molecule has 0 N–H and O–H groups in total. The zero-order valence-electron chi connectivity index (χ0n) is 16.6. The maximum Gasteiger partial charge on any atom is 0.224 e. The van der Waals surface area contributed by atoms with Crippen LogP contribution in [0.3, 0.4) is 0 Å². The molecule has 4 rings (SSSR count). The highest BCUT2D eigenvalue weighted by Crippen LogP contribution is 2.28. The van der Waals surface area contributed by atoms with Crippen molar-refractivity contribution in [3.05, 3.63) is 24.5 Å². The summed E-state index contributed by atoms with van der Waals surface area (Å²) in [5.74, 6) is 0.682. The molecule has 6 nitrogen and oxygen atoms in total. The van der Waals surface area contributed by atoms with E-state index >= 15 is 0 Å². The highest BCUT2D eigenvalue weighted by molar-refractivity contribution is 5.86. The summed E-state index contributed by atoms with van der Waals surface area (Å²) in [4.78, 5) is 16.4. The molecule has 0 unspecified atom stereocenters. The van der Waals surface area contributed by atoms with E-state index in [1.807, 2.05) is 13.8 Å². The standard InChI is InChI=1S/C21H31N5O/c1-17(2)27-21-19-15-18(5-6-20(19)22-16-23-21)26-13-11-25(12-14-26)10-9-24-7-3-4-8-24/h5-6,15-17H,3-4,7-14H2,1-2H3. The summed E-state index contributed by atoms with van der Waals surface area (Å²) in [6, 6.07) is 6.45. The average molecular weight is 370 g/mol. The van der Waals surface area contributed by atoms with Crippen molar-refractivity contribution in [2.75, 3.05) is 57.3 Å². The van der Waals surface area contributed by atoms with E-state index in [2.05, 4.69) is 42.9 Å². The third kappa shape index (κ3) is 4.50. The van der Waals surface area contributed by atoms with Crippen LogP contribution in [0.1, 0.15) is 26.7 Å². The van der Waals surface area contributed by atoms with Crippen LogP contribution in [-0.4, -0.2) is 78.2 Å². The lowest BCUT2D eigenvalue weighted by Gasteiger charge is -2.36. The van der Waals surface area contributed by atoms with Gasteiger partial charge in [0.2, 0.25) is 5.88 Å². The Kier molecular flexibility index (Phi) is 5.74. The number of nitrogens with zero attached hydrogens (tertiary/aromatic N) is 5. The lowest BCUT2D eigenvalue weighted by atomic mass is 10.2. The van der Waals surface area contributed by atoms with Crippen molar-refractivity contribution in [1.82, 2.24) is 19.8 Å².